The average molecular weight is 274 g/mol. The minimum absolute atomic E-state index is 0.141. The van der Waals surface area contributed by atoms with Crippen LogP contribution in [-0.4, -0.2) is 33.4 Å². The molecule has 108 valence electrons. The maximum atomic E-state index is 12.3. The summed E-state index contributed by atoms with van der Waals surface area (Å²) in [6.07, 6.45) is 6.84. The van der Waals surface area contributed by atoms with Crippen molar-refractivity contribution in [3.8, 4) is 6.07 Å². The highest BCUT2D eigenvalue weighted by atomic mass is 16.2. The number of likely N-dealkylation sites (tertiary alicyclic amines) is 1. The van der Waals surface area contributed by atoms with Gasteiger partial charge in [0.2, 0.25) is 5.91 Å². The van der Waals surface area contributed by atoms with Crippen LogP contribution in [0.15, 0.2) is 12.4 Å². The summed E-state index contributed by atoms with van der Waals surface area (Å²) in [4.78, 5) is 18.4. The van der Waals surface area contributed by atoms with Crippen LogP contribution in [0.25, 0.3) is 0 Å². The van der Waals surface area contributed by atoms with Gasteiger partial charge in [-0.15, -0.1) is 0 Å². The van der Waals surface area contributed by atoms with E-state index in [1.807, 2.05) is 22.6 Å². The Hall–Kier alpha value is -1.83. The molecule has 1 aliphatic heterocycles. The van der Waals surface area contributed by atoms with E-state index in [2.05, 4.69) is 18.0 Å². The molecule has 1 aliphatic rings. The first-order valence-electron chi connectivity index (χ1n) is 7.27. The highest BCUT2D eigenvalue weighted by Crippen LogP contribution is 2.28. The third kappa shape index (κ3) is 3.19. The second kappa shape index (κ2) is 6.08. The second-order valence-corrected chi connectivity index (χ2v) is 5.73. The number of rotatable bonds is 4. The molecule has 1 atom stereocenters. The number of imidazole rings is 1. The number of amides is 1. The molecule has 0 unspecified atom stereocenters. The molecule has 0 aliphatic carbocycles. The zero-order valence-corrected chi connectivity index (χ0v) is 12.3. The van der Waals surface area contributed by atoms with Crippen LogP contribution < -0.4 is 0 Å². The van der Waals surface area contributed by atoms with E-state index in [4.69, 9.17) is 0 Å². The highest BCUT2D eigenvalue weighted by Gasteiger charge is 2.32. The van der Waals surface area contributed by atoms with Crippen molar-refractivity contribution < 1.29 is 4.79 Å². The van der Waals surface area contributed by atoms with Gasteiger partial charge in [0.1, 0.15) is 5.82 Å². The summed E-state index contributed by atoms with van der Waals surface area (Å²) >= 11 is 0. The van der Waals surface area contributed by atoms with Crippen molar-refractivity contribution in [1.29, 1.82) is 5.26 Å². The van der Waals surface area contributed by atoms with Gasteiger partial charge in [0, 0.05) is 44.9 Å². The van der Waals surface area contributed by atoms with Crippen LogP contribution in [0.1, 0.15) is 38.9 Å². The van der Waals surface area contributed by atoms with Crippen molar-refractivity contribution in [2.75, 3.05) is 13.1 Å². The molecule has 0 saturated carbocycles. The van der Waals surface area contributed by atoms with Gasteiger partial charge in [-0.1, -0.05) is 6.92 Å². The fourth-order valence-electron chi connectivity index (χ4n) is 2.78. The van der Waals surface area contributed by atoms with Crippen LogP contribution in [0.3, 0.4) is 0 Å². The summed E-state index contributed by atoms with van der Waals surface area (Å²) in [6, 6.07) is 2.34. The number of piperidine rings is 1. The van der Waals surface area contributed by atoms with E-state index in [1.54, 1.807) is 6.20 Å². The van der Waals surface area contributed by atoms with E-state index >= 15 is 0 Å². The molecule has 1 saturated heterocycles. The zero-order valence-electron chi connectivity index (χ0n) is 12.3. The van der Waals surface area contributed by atoms with Crippen molar-refractivity contribution in [2.45, 2.75) is 46.1 Å². The van der Waals surface area contributed by atoms with Crippen LogP contribution >= 0.6 is 0 Å². The first-order chi connectivity index (χ1) is 9.58. The van der Waals surface area contributed by atoms with Crippen molar-refractivity contribution in [3.63, 3.8) is 0 Å². The second-order valence-electron chi connectivity index (χ2n) is 5.73. The SMILES string of the molecule is CCc1nccn1CCC(=O)N1CCC[C@@](C)(C#N)C1. The van der Waals surface area contributed by atoms with Gasteiger partial charge in [-0.2, -0.15) is 5.26 Å². The number of hydrogen-bond donors (Lipinski definition) is 0. The molecule has 0 spiro atoms. The van der Waals surface area contributed by atoms with Crippen molar-refractivity contribution in [1.82, 2.24) is 14.5 Å². The molecule has 1 aromatic rings. The van der Waals surface area contributed by atoms with Crippen LogP contribution in [-0.2, 0) is 17.8 Å². The number of carbonyl (C=O) groups excluding carboxylic acids is 1. The summed E-state index contributed by atoms with van der Waals surface area (Å²) < 4.78 is 2.03. The summed E-state index contributed by atoms with van der Waals surface area (Å²) in [5.74, 6) is 1.15. The van der Waals surface area contributed by atoms with E-state index in [1.165, 1.54) is 0 Å². The first kappa shape index (κ1) is 14.6. The third-order valence-corrected chi connectivity index (χ3v) is 4.00. The first-order valence-corrected chi connectivity index (χ1v) is 7.27. The number of aromatic nitrogens is 2. The lowest BCUT2D eigenvalue weighted by atomic mass is 9.83. The molecule has 0 radical (unpaired) electrons. The van der Waals surface area contributed by atoms with E-state index < -0.39 is 0 Å². The molecule has 5 heteroatoms. The van der Waals surface area contributed by atoms with Gasteiger partial charge < -0.3 is 9.47 Å². The Morgan fingerprint density at radius 2 is 2.40 bits per heavy atom. The number of hydrogen-bond acceptors (Lipinski definition) is 3. The van der Waals surface area contributed by atoms with Gasteiger partial charge in [0.05, 0.1) is 11.5 Å². The van der Waals surface area contributed by atoms with Crippen LogP contribution in [0.2, 0.25) is 0 Å². The third-order valence-electron chi connectivity index (χ3n) is 4.00. The lowest BCUT2D eigenvalue weighted by Gasteiger charge is -2.36. The molecule has 2 rings (SSSR count). The monoisotopic (exact) mass is 274 g/mol. The van der Waals surface area contributed by atoms with Crippen LogP contribution in [0.5, 0.6) is 0 Å². The Morgan fingerprint density at radius 1 is 1.60 bits per heavy atom. The molecular weight excluding hydrogens is 252 g/mol. The standard InChI is InChI=1S/C15H22N4O/c1-3-13-17-7-10-18(13)9-5-14(20)19-8-4-6-15(2,11-16)12-19/h7,10H,3-6,8-9,12H2,1-2H3/t15-/m0/s1. The Bertz CT molecular complexity index is 516. The van der Waals surface area contributed by atoms with Gasteiger partial charge >= 0.3 is 0 Å². The summed E-state index contributed by atoms with van der Waals surface area (Å²) in [6.45, 7) is 6.01. The molecule has 2 heterocycles. The molecular formula is C15H22N4O. The molecule has 1 amide bonds. The van der Waals surface area contributed by atoms with Gasteiger partial charge in [-0.3, -0.25) is 4.79 Å². The smallest absolute Gasteiger partial charge is 0.224 e. The summed E-state index contributed by atoms with van der Waals surface area (Å²) in [5.41, 5.74) is -0.377. The molecule has 0 aromatic carbocycles. The molecule has 5 nitrogen and oxygen atoms in total. The van der Waals surface area contributed by atoms with Crippen molar-refractivity contribution in [3.05, 3.63) is 18.2 Å². The van der Waals surface area contributed by atoms with Crippen molar-refractivity contribution in [2.24, 2.45) is 5.41 Å². The van der Waals surface area contributed by atoms with Crippen LogP contribution in [0, 0.1) is 16.7 Å². The predicted octanol–water partition coefficient (Wildman–Crippen LogP) is 1.99. The Morgan fingerprint density at radius 3 is 3.10 bits per heavy atom. The molecule has 0 bridgehead atoms. The quantitative estimate of drug-likeness (QED) is 0.843. The van der Waals surface area contributed by atoms with E-state index in [0.717, 1.165) is 31.6 Å². The Kier molecular flexibility index (Phi) is 4.43. The van der Waals surface area contributed by atoms with E-state index in [0.29, 0.717) is 19.5 Å². The Balaban J connectivity index is 1.91. The average Bonchev–Trinajstić information content (AvgIpc) is 2.92. The van der Waals surface area contributed by atoms with E-state index in [-0.39, 0.29) is 11.3 Å². The zero-order chi connectivity index (χ0) is 14.6. The van der Waals surface area contributed by atoms with Crippen LogP contribution in [0.4, 0.5) is 0 Å². The lowest BCUT2D eigenvalue weighted by Crippen LogP contribution is -2.44. The van der Waals surface area contributed by atoms with Crippen molar-refractivity contribution >= 4 is 5.91 Å². The van der Waals surface area contributed by atoms with Gasteiger partial charge in [0.15, 0.2) is 0 Å². The number of aryl methyl sites for hydroxylation is 2. The molecule has 0 N–H and O–H groups in total. The normalized spacial score (nSPS) is 22.6. The predicted molar refractivity (Wildman–Crippen MR) is 75.8 cm³/mol. The largest absolute Gasteiger partial charge is 0.341 e. The lowest BCUT2D eigenvalue weighted by molar-refractivity contribution is -0.133. The number of nitrogens with zero attached hydrogens (tertiary/aromatic N) is 4. The summed E-state index contributed by atoms with van der Waals surface area (Å²) in [5, 5.41) is 9.20. The molecule has 1 aromatic heterocycles. The maximum absolute atomic E-state index is 12.3. The number of nitriles is 1. The fourth-order valence-corrected chi connectivity index (χ4v) is 2.78. The topological polar surface area (TPSA) is 61.9 Å². The van der Waals surface area contributed by atoms with Gasteiger partial charge in [0.25, 0.3) is 0 Å². The minimum atomic E-state index is -0.377. The van der Waals surface area contributed by atoms with Gasteiger partial charge in [-0.05, 0) is 19.8 Å². The van der Waals surface area contributed by atoms with E-state index in [9.17, 15) is 10.1 Å². The molecule has 1 fully saturated rings. The molecule has 20 heavy (non-hydrogen) atoms. The summed E-state index contributed by atoms with van der Waals surface area (Å²) in [7, 11) is 0. The Labute approximate surface area is 120 Å². The maximum Gasteiger partial charge on any atom is 0.224 e. The fraction of sp³-hybridized carbons (Fsp3) is 0.667. The number of carbonyl (C=O) groups is 1. The van der Waals surface area contributed by atoms with Gasteiger partial charge in [-0.25, -0.2) is 4.98 Å². The minimum Gasteiger partial charge on any atom is -0.341 e. The highest BCUT2D eigenvalue weighted by molar-refractivity contribution is 5.76.